The Morgan fingerprint density at radius 3 is 1.62 bits per heavy atom. The zero-order valence-electron chi connectivity index (χ0n) is 15.7. The first kappa shape index (κ1) is 23.3. The van der Waals surface area contributed by atoms with Crippen LogP contribution >= 0.6 is 0 Å². The number of nitrogens with zero attached hydrogens (tertiary/aromatic N) is 1. The van der Waals surface area contributed by atoms with Crippen molar-refractivity contribution >= 4 is 0 Å². The maximum atomic E-state index is 10.2. The van der Waals surface area contributed by atoms with Gasteiger partial charge in [0.1, 0.15) is 0 Å². The molecule has 0 saturated carbocycles. The predicted molar refractivity (Wildman–Crippen MR) is 102 cm³/mol. The van der Waals surface area contributed by atoms with E-state index in [-0.39, 0.29) is 6.61 Å². The third-order valence-electron chi connectivity index (χ3n) is 3.98. The molecule has 0 aliphatic rings. The molecule has 0 aromatic heterocycles. The molecule has 0 bridgehead atoms. The lowest BCUT2D eigenvalue weighted by molar-refractivity contribution is 0.0526. The smallest absolute Gasteiger partial charge is 0.0667 e. The fourth-order valence-electron chi connectivity index (χ4n) is 2.69. The van der Waals surface area contributed by atoms with Gasteiger partial charge in [-0.1, -0.05) is 38.2 Å². The summed E-state index contributed by atoms with van der Waals surface area (Å²) in [5, 5.41) is 29.5. The van der Waals surface area contributed by atoms with E-state index in [1.54, 1.807) is 0 Å². The molecule has 0 aliphatic heterocycles. The SMILES string of the molecule is CC/C=C/CCCC(O)CN(CCO)CC(O)CCC/C=C/CC. The molecule has 24 heavy (non-hydrogen) atoms. The first-order valence-electron chi connectivity index (χ1n) is 9.63. The number of aliphatic hydroxyl groups excluding tert-OH is 3. The second-order valence-electron chi connectivity index (χ2n) is 6.41. The molecule has 0 aromatic carbocycles. The summed E-state index contributed by atoms with van der Waals surface area (Å²) in [5.74, 6) is 0. The number of hydrogen-bond acceptors (Lipinski definition) is 4. The second-order valence-corrected chi connectivity index (χ2v) is 6.41. The topological polar surface area (TPSA) is 63.9 Å². The van der Waals surface area contributed by atoms with Crippen molar-refractivity contribution in [2.45, 2.75) is 77.4 Å². The van der Waals surface area contributed by atoms with E-state index in [9.17, 15) is 15.3 Å². The van der Waals surface area contributed by atoms with Gasteiger partial charge < -0.3 is 15.3 Å². The molecule has 0 heterocycles. The van der Waals surface area contributed by atoms with Gasteiger partial charge in [-0.3, -0.25) is 4.90 Å². The standard InChI is InChI=1S/C20H39NO3/c1-3-5-7-9-11-13-19(23)17-21(15-16-22)18-20(24)14-12-10-8-6-4-2/h5-8,19-20,22-24H,3-4,9-18H2,1-2H3/b7-5+,8-6+. The molecule has 0 rings (SSSR count). The number of hydrogen-bond donors (Lipinski definition) is 3. The van der Waals surface area contributed by atoms with E-state index in [2.05, 4.69) is 38.2 Å². The highest BCUT2D eigenvalue weighted by atomic mass is 16.3. The lowest BCUT2D eigenvalue weighted by Crippen LogP contribution is -2.39. The molecule has 4 nitrogen and oxygen atoms in total. The Morgan fingerprint density at radius 1 is 0.792 bits per heavy atom. The first-order chi connectivity index (χ1) is 11.6. The Hall–Kier alpha value is -0.680. The van der Waals surface area contributed by atoms with E-state index >= 15 is 0 Å². The van der Waals surface area contributed by atoms with E-state index in [1.807, 2.05) is 4.90 Å². The lowest BCUT2D eigenvalue weighted by atomic mass is 10.1. The fourth-order valence-corrected chi connectivity index (χ4v) is 2.69. The van der Waals surface area contributed by atoms with E-state index in [1.165, 1.54) is 0 Å². The molecule has 0 aromatic rings. The Kier molecular flexibility index (Phi) is 16.7. The van der Waals surface area contributed by atoms with Gasteiger partial charge in [0, 0.05) is 19.6 Å². The van der Waals surface area contributed by atoms with Crippen molar-refractivity contribution in [2.24, 2.45) is 0 Å². The van der Waals surface area contributed by atoms with Gasteiger partial charge in [0.05, 0.1) is 18.8 Å². The molecule has 0 spiro atoms. The van der Waals surface area contributed by atoms with E-state index in [0.717, 1.165) is 51.4 Å². The van der Waals surface area contributed by atoms with Crippen LogP contribution in [-0.2, 0) is 0 Å². The van der Waals surface area contributed by atoms with Crippen molar-refractivity contribution < 1.29 is 15.3 Å². The summed E-state index contributed by atoms with van der Waals surface area (Å²) in [6.45, 7) is 5.82. The minimum atomic E-state index is -0.397. The number of rotatable bonds is 16. The lowest BCUT2D eigenvalue weighted by Gasteiger charge is -2.26. The third-order valence-corrected chi connectivity index (χ3v) is 3.98. The van der Waals surface area contributed by atoms with Crippen molar-refractivity contribution in [2.75, 3.05) is 26.2 Å². The largest absolute Gasteiger partial charge is 0.395 e. The van der Waals surface area contributed by atoms with Crippen LogP contribution in [0, 0.1) is 0 Å². The maximum absolute atomic E-state index is 10.2. The van der Waals surface area contributed by atoms with Crippen molar-refractivity contribution in [1.29, 1.82) is 0 Å². The van der Waals surface area contributed by atoms with Gasteiger partial charge in [0.25, 0.3) is 0 Å². The van der Waals surface area contributed by atoms with Gasteiger partial charge in [-0.05, 0) is 51.4 Å². The normalized spacial score (nSPS) is 14.9. The summed E-state index contributed by atoms with van der Waals surface area (Å²) in [4.78, 5) is 1.97. The van der Waals surface area contributed by atoms with Crippen molar-refractivity contribution in [3.63, 3.8) is 0 Å². The summed E-state index contributed by atoms with van der Waals surface area (Å²) in [6, 6.07) is 0. The van der Waals surface area contributed by atoms with Crippen LogP contribution in [0.3, 0.4) is 0 Å². The Morgan fingerprint density at radius 2 is 1.25 bits per heavy atom. The highest BCUT2D eigenvalue weighted by molar-refractivity contribution is 4.81. The average Bonchev–Trinajstić information content (AvgIpc) is 2.54. The zero-order chi connectivity index (χ0) is 18.0. The fraction of sp³-hybridized carbons (Fsp3) is 0.800. The minimum absolute atomic E-state index is 0.0535. The number of allylic oxidation sites excluding steroid dienone is 4. The molecule has 4 heteroatoms. The van der Waals surface area contributed by atoms with E-state index in [4.69, 9.17) is 0 Å². The van der Waals surface area contributed by atoms with E-state index < -0.39 is 12.2 Å². The summed E-state index contributed by atoms with van der Waals surface area (Å²) < 4.78 is 0. The summed E-state index contributed by atoms with van der Waals surface area (Å²) in [6.07, 6.45) is 15.4. The summed E-state index contributed by atoms with van der Waals surface area (Å²) >= 11 is 0. The maximum Gasteiger partial charge on any atom is 0.0667 e. The minimum Gasteiger partial charge on any atom is -0.395 e. The second kappa shape index (κ2) is 17.2. The molecule has 142 valence electrons. The highest BCUT2D eigenvalue weighted by Gasteiger charge is 2.15. The Labute approximate surface area is 148 Å². The van der Waals surface area contributed by atoms with Crippen LogP contribution < -0.4 is 0 Å². The Balaban J connectivity index is 4.00. The Bertz CT molecular complexity index is 290. The monoisotopic (exact) mass is 341 g/mol. The average molecular weight is 342 g/mol. The first-order valence-corrected chi connectivity index (χ1v) is 9.63. The molecule has 0 radical (unpaired) electrons. The third kappa shape index (κ3) is 14.9. The van der Waals surface area contributed by atoms with Gasteiger partial charge in [0.15, 0.2) is 0 Å². The van der Waals surface area contributed by atoms with Gasteiger partial charge in [-0.2, -0.15) is 0 Å². The van der Waals surface area contributed by atoms with Crippen LogP contribution in [0.1, 0.15) is 65.2 Å². The molecular weight excluding hydrogens is 302 g/mol. The van der Waals surface area contributed by atoms with Gasteiger partial charge >= 0.3 is 0 Å². The number of unbranched alkanes of at least 4 members (excludes halogenated alkanes) is 2. The zero-order valence-corrected chi connectivity index (χ0v) is 15.7. The van der Waals surface area contributed by atoms with Crippen LogP contribution in [-0.4, -0.2) is 58.7 Å². The molecule has 3 N–H and O–H groups in total. The van der Waals surface area contributed by atoms with Gasteiger partial charge in [0.2, 0.25) is 0 Å². The van der Waals surface area contributed by atoms with Gasteiger partial charge in [-0.25, -0.2) is 0 Å². The number of aliphatic hydroxyl groups is 3. The van der Waals surface area contributed by atoms with Crippen LogP contribution in [0.2, 0.25) is 0 Å². The molecule has 0 aliphatic carbocycles. The van der Waals surface area contributed by atoms with Crippen molar-refractivity contribution in [1.82, 2.24) is 4.90 Å². The summed E-state index contributed by atoms with van der Waals surface area (Å²) in [5.41, 5.74) is 0. The molecule has 0 saturated heterocycles. The van der Waals surface area contributed by atoms with Gasteiger partial charge in [-0.15, -0.1) is 0 Å². The van der Waals surface area contributed by atoms with Crippen LogP contribution in [0.25, 0.3) is 0 Å². The van der Waals surface area contributed by atoms with Crippen LogP contribution in [0.15, 0.2) is 24.3 Å². The van der Waals surface area contributed by atoms with Crippen LogP contribution in [0.4, 0.5) is 0 Å². The van der Waals surface area contributed by atoms with Crippen LogP contribution in [0.5, 0.6) is 0 Å². The van der Waals surface area contributed by atoms with Crippen molar-refractivity contribution in [3.05, 3.63) is 24.3 Å². The molecule has 2 unspecified atom stereocenters. The van der Waals surface area contributed by atoms with E-state index in [0.29, 0.717) is 19.6 Å². The molecule has 0 fully saturated rings. The van der Waals surface area contributed by atoms with Crippen molar-refractivity contribution in [3.8, 4) is 0 Å². The molecule has 0 amide bonds. The highest BCUT2D eigenvalue weighted by Crippen LogP contribution is 2.08. The predicted octanol–water partition coefficient (Wildman–Crippen LogP) is 3.28. The molecular formula is C20H39NO3. The molecule has 2 atom stereocenters. The quantitative estimate of drug-likeness (QED) is 0.298. The summed E-state index contributed by atoms with van der Waals surface area (Å²) in [7, 11) is 0.